The van der Waals surface area contributed by atoms with Crippen LogP contribution in [0.1, 0.15) is 17.5 Å². The number of benzene rings is 2. The summed E-state index contributed by atoms with van der Waals surface area (Å²) in [6.45, 7) is 4.05. The summed E-state index contributed by atoms with van der Waals surface area (Å²) in [5.41, 5.74) is 2.69. The summed E-state index contributed by atoms with van der Waals surface area (Å²) in [4.78, 5) is 23.7. The number of hydrogen-bond acceptors (Lipinski definition) is 3. The first-order valence-corrected chi connectivity index (χ1v) is 8.76. The van der Waals surface area contributed by atoms with Gasteiger partial charge in [-0.3, -0.25) is 9.59 Å². The third-order valence-corrected chi connectivity index (χ3v) is 4.08. The van der Waals surface area contributed by atoms with Crippen LogP contribution in [0.4, 0.5) is 5.69 Å². The molecule has 0 heterocycles. The molecule has 132 valence electrons. The topological polar surface area (TPSA) is 67.4 Å². The van der Waals surface area contributed by atoms with Gasteiger partial charge in [0.15, 0.2) is 0 Å². The maximum Gasteiger partial charge on any atom is 0.243 e. The van der Waals surface area contributed by atoms with Gasteiger partial charge >= 0.3 is 0 Å². The Balaban J connectivity index is 1.70. The molecule has 0 aliphatic heterocycles. The van der Waals surface area contributed by atoms with E-state index in [4.69, 9.17) is 4.74 Å². The lowest BCUT2D eigenvalue weighted by molar-refractivity contribution is -0.124. The summed E-state index contributed by atoms with van der Waals surface area (Å²) in [5, 5.41) is 5.37. The van der Waals surface area contributed by atoms with E-state index in [1.807, 2.05) is 56.3 Å². The minimum Gasteiger partial charge on any atom is -0.493 e. The van der Waals surface area contributed by atoms with Gasteiger partial charge < -0.3 is 15.4 Å². The van der Waals surface area contributed by atoms with Crippen molar-refractivity contribution in [2.45, 2.75) is 20.3 Å². The molecule has 0 saturated carbocycles. The van der Waals surface area contributed by atoms with Crippen LogP contribution in [0, 0.1) is 13.8 Å². The number of rotatable bonds is 7. The molecule has 6 heteroatoms. The van der Waals surface area contributed by atoms with Crippen molar-refractivity contribution in [1.29, 1.82) is 0 Å². The highest BCUT2D eigenvalue weighted by molar-refractivity contribution is 9.10. The standard InChI is InChI=1S/C19H21BrN2O3/c1-13-5-3-4-6-17(13)25-10-9-18(23)21-12-19(24)22-16-8-7-15(20)11-14(16)2/h3-8,11H,9-10,12H2,1-2H3,(H,21,23)(H,22,24). The predicted octanol–water partition coefficient (Wildman–Crippen LogP) is 3.59. The number of para-hydroxylation sites is 1. The van der Waals surface area contributed by atoms with Crippen molar-refractivity contribution in [3.8, 4) is 5.75 Å². The van der Waals surface area contributed by atoms with Crippen LogP contribution in [0.15, 0.2) is 46.9 Å². The summed E-state index contributed by atoms with van der Waals surface area (Å²) in [6, 6.07) is 13.2. The molecule has 0 aromatic heterocycles. The molecule has 0 saturated heterocycles. The molecule has 2 aromatic carbocycles. The number of carbonyl (C=O) groups is 2. The van der Waals surface area contributed by atoms with E-state index < -0.39 is 0 Å². The zero-order valence-corrected chi connectivity index (χ0v) is 15.9. The van der Waals surface area contributed by atoms with E-state index in [0.717, 1.165) is 27.0 Å². The second kappa shape index (κ2) is 9.22. The number of ether oxygens (including phenoxy) is 1. The molecule has 2 N–H and O–H groups in total. The average molecular weight is 405 g/mol. The van der Waals surface area contributed by atoms with Crippen molar-refractivity contribution in [3.05, 3.63) is 58.1 Å². The first-order valence-electron chi connectivity index (χ1n) is 7.97. The smallest absolute Gasteiger partial charge is 0.243 e. The highest BCUT2D eigenvalue weighted by Gasteiger charge is 2.08. The molecule has 0 atom stereocenters. The van der Waals surface area contributed by atoms with Gasteiger partial charge in [-0.15, -0.1) is 0 Å². The van der Waals surface area contributed by atoms with Crippen LogP contribution in [0.5, 0.6) is 5.75 Å². The summed E-state index contributed by atoms with van der Waals surface area (Å²) >= 11 is 3.38. The molecule has 0 bridgehead atoms. The molecular weight excluding hydrogens is 384 g/mol. The predicted molar refractivity (Wildman–Crippen MR) is 102 cm³/mol. The van der Waals surface area contributed by atoms with E-state index in [1.165, 1.54) is 0 Å². The lowest BCUT2D eigenvalue weighted by atomic mass is 10.2. The first kappa shape index (κ1) is 19.0. The zero-order valence-electron chi connectivity index (χ0n) is 14.3. The Bertz CT molecular complexity index is 762. The van der Waals surface area contributed by atoms with E-state index in [1.54, 1.807) is 0 Å². The Morgan fingerprint density at radius 1 is 1.04 bits per heavy atom. The monoisotopic (exact) mass is 404 g/mol. The Morgan fingerprint density at radius 2 is 1.80 bits per heavy atom. The maximum absolute atomic E-state index is 11.9. The van der Waals surface area contributed by atoms with Gasteiger partial charge in [-0.25, -0.2) is 0 Å². The van der Waals surface area contributed by atoms with E-state index in [0.29, 0.717) is 0 Å². The molecule has 2 aromatic rings. The van der Waals surface area contributed by atoms with E-state index in [2.05, 4.69) is 26.6 Å². The molecule has 0 unspecified atom stereocenters. The van der Waals surface area contributed by atoms with Crippen LogP contribution in [0.2, 0.25) is 0 Å². The van der Waals surface area contributed by atoms with E-state index in [-0.39, 0.29) is 31.4 Å². The van der Waals surface area contributed by atoms with Crippen molar-refractivity contribution in [2.24, 2.45) is 0 Å². The Kier molecular flexibility index (Phi) is 7.01. The normalized spacial score (nSPS) is 10.2. The lowest BCUT2D eigenvalue weighted by Gasteiger charge is -2.10. The summed E-state index contributed by atoms with van der Waals surface area (Å²) < 4.78 is 6.52. The van der Waals surface area contributed by atoms with Crippen LogP contribution >= 0.6 is 15.9 Å². The Hall–Kier alpha value is -2.34. The number of amides is 2. The highest BCUT2D eigenvalue weighted by atomic mass is 79.9. The van der Waals surface area contributed by atoms with E-state index >= 15 is 0 Å². The van der Waals surface area contributed by atoms with Gasteiger partial charge in [0.05, 0.1) is 19.6 Å². The van der Waals surface area contributed by atoms with Crippen molar-refractivity contribution in [1.82, 2.24) is 5.32 Å². The fourth-order valence-corrected chi connectivity index (χ4v) is 2.68. The van der Waals surface area contributed by atoms with Crippen LogP contribution in [0.25, 0.3) is 0 Å². The van der Waals surface area contributed by atoms with Gasteiger partial charge in [-0.1, -0.05) is 34.1 Å². The molecule has 5 nitrogen and oxygen atoms in total. The van der Waals surface area contributed by atoms with Gasteiger partial charge in [-0.2, -0.15) is 0 Å². The quantitative estimate of drug-likeness (QED) is 0.740. The molecule has 0 aliphatic carbocycles. The van der Waals surface area contributed by atoms with Gasteiger partial charge in [0.25, 0.3) is 0 Å². The second-order valence-electron chi connectivity index (χ2n) is 5.65. The van der Waals surface area contributed by atoms with E-state index in [9.17, 15) is 9.59 Å². The molecule has 2 amide bonds. The number of aryl methyl sites for hydroxylation is 2. The molecular formula is C19H21BrN2O3. The minimum atomic E-state index is -0.265. The van der Waals surface area contributed by atoms with Gasteiger partial charge in [0.1, 0.15) is 5.75 Å². The number of nitrogens with one attached hydrogen (secondary N) is 2. The molecule has 0 aliphatic rings. The first-order chi connectivity index (χ1) is 12.0. The van der Waals surface area contributed by atoms with Crippen LogP contribution in [-0.4, -0.2) is 25.0 Å². The van der Waals surface area contributed by atoms with Gasteiger partial charge in [0, 0.05) is 10.2 Å². The van der Waals surface area contributed by atoms with Crippen LogP contribution < -0.4 is 15.4 Å². The third-order valence-electron chi connectivity index (χ3n) is 3.59. The van der Waals surface area contributed by atoms with Crippen LogP contribution in [0.3, 0.4) is 0 Å². The fraction of sp³-hybridized carbons (Fsp3) is 0.263. The highest BCUT2D eigenvalue weighted by Crippen LogP contribution is 2.19. The number of halogens is 1. The second-order valence-corrected chi connectivity index (χ2v) is 6.56. The largest absolute Gasteiger partial charge is 0.493 e. The van der Waals surface area contributed by atoms with Crippen LogP contribution in [-0.2, 0) is 9.59 Å². The average Bonchev–Trinajstić information content (AvgIpc) is 2.57. The maximum atomic E-state index is 11.9. The van der Waals surface area contributed by atoms with Crippen molar-refractivity contribution < 1.29 is 14.3 Å². The summed E-state index contributed by atoms with van der Waals surface area (Å²) in [7, 11) is 0. The lowest BCUT2D eigenvalue weighted by Crippen LogP contribution is -2.33. The van der Waals surface area contributed by atoms with Crippen molar-refractivity contribution in [3.63, 3.8) is 0 Å². The molecule has 0 fully saturated rings. The molecule has 0 radical (unpaired) electrons. The number of hydrogen-bond donors (Lipinski definition) is 2. The summed E-state index contributed by atoms with van der Waals surface area (Å²) in [6.07, 6.45) is 0.193. The Morgan fingerprint density at radius 3 is 2.52 bits per heavy atom. The molecule has 25 heavy (non-hydrogen) atoms. The number of carbonyl (C=O) groups excluding carboxylic acids is 2. The van der Waals surface area contributed by atoms with Crippen molar-refractivity contribution in [2.75, 3.05) is 18.5 Å². The number of anilines is 1. The molecule has 0 spiro atoms. The van der Waals surface area contributed by atoms with Crippen molar-refractivity contribution >= 4 is 33.4 Å². The minimum absolute atomic E-state index is 0.0707. The fourth-order valence-electron chi connectivity index (χ4n) is 2.20. The SMILES string of the molecule is Cc1cc(Br)ccc1NC(=O)CNC(=O)CCOc1ccccc1C. The zero-order chi connectivity index (χ0) is 18.2. The third kappa shape index (κ3) is 6.23. The summed E-state index contributed by atoms with van der Waals surface area (Å²) in [5.74, 6) is 0.272. The Labute approximate surface area is 155 Å². The molecule has 2 rings (SSSR count). The van der Waals surface area contributed by atoms with Gasteiger partial charge in [0.2, 0.25) is 11.8 Å². The van der Waals surface area contributed by atoms with Gasteiger partial charge in [-0.05, 0) is 49.2 Å².